The molecule has 1 aliphatic heterocycles. The van der Waals surface area contributed by atoms with Crippen molar-refractivity contribution in [3.05, 3.63) is 93.6 Å². The van der Waals surface area contributed by atoms with Gasteiger partial charge in [0.1, 0.15) is 5.75 Å². The fourth-order valence-corrected chi connectivity index (χ4v) is 4.93. The summed E-state index contributed by atoms with van der Waals surface area (Å²) in [5.41, 5.74) is 7.32. The molecule has 0 saturated heterocycles. The highest BCUT2D eigenvalue weighted by atomic mass is 35.5. The SMILES string of the molecule is COc1ccc([C@@H]2c3[nH]c4ccc(Cl)cc4c3CCN2C(=O)Nc2ccc(C)cc2C)cc1. The molecule has 0 saturated carbocycles. The van der Waals surface area contributed by atoms with Crippen molar-refractivity contribution in [3.63, 3.8) is 0 Å². The molecule has 168 valence electrons. The molecule has 2 N–H and O–H groups in total. The maximum Gasteiger partial charge on any atom is 0.322 e. The number of hydrogen-bond acceptors (Lipinski definition) is 2. The van der Waals surface area contributed by atoms with Crippen LogP contribution in [0.2, 0.25) is 5.02 Å². The van der Waals surface area contributed by atoms with E-state index in [1.165, 1.54) is 11.1 Å². The number of methoxy groups -OCH3 is 1. The standard InChI is InChI=1S/C27H26ClN3O2/c1-16-4-10-23(17(2)14-16)30-27(32)31-13-12-21-22-15-19(28)7-11-24(22)29-25(21)26(31)18-5-8-20(33-3)9-6-18/h4-11,14-15,26,29H,12-13H2,1-3H3,(H,30,32)/t26-/m1/s1. The zero-order chi connectivity index (χ0) is 23.1. The van der Waals surface area contributed by atoms with E-state index in [2.05, 4.69) is 16.4 Å². The van der Waals surface area contributed by atoms with Gasteiger partial charge in [-0.1, -0.05) is 41.4 Å². The monoisotopic (exact) mass is 459 g/mol. The largest absolute Gasteiger partial charge is 0.497 e. The van der Waals surface area contributed by atoms with Gasteiger partial charge in [0.2, 0.25) is 0 Å². The third-order valence-electron chi connectivity index (χ3n) is 6.40. The van der Waals surface area contributed by atoms with Crippen molar-refractivity contribution < 1.29 is 9.53 Å². The number of hydrogen-bond donors (Lipinski definition) is 2. The average molecular weight is 460 g/mol. The minimum absolute atomic E-state index is 0.120. The Balaban J connectivity index is 1.58. The quantitative estimate of drug-likeness (QED) is 0.361. The molecule has 0 bridgehead atoms. The Bertz CT molecular complexity index is 1340. The van der Waals surface area contributed by atoms with Crippen molar-refractivity contribution in [1.29, 1.82) is 0 Å². The summed E-state index contributed by atoms with van der Waals surface area (Å²) in [6.45, 7) is 4.66. The van der Waals surface area contributed by atoms with Crippen molar-refractivity contribution in [2.45, 2.75) is 26.3 Å². The molecule has 0 radical (unpaired) electrons. The van der Waals surface area contributed by atoms with Crippen LogP contribution in [0.15, 0.2) is 60.7 Å². The number of carbonyl (C=O) groups excluding carboxylic acids is 1. The van der Waals surface area contributed by atoms with Crippen LogP contribution in [0.5, 0.6) is 5.75 Å². The van der Waals surface area contributed by atoms with Crippen molar-refractivity contribution in [3.8, 4) is 5.75 Å². The number of aryl methyl sites for hydroxylation is 2. The molecule has 0 spiro atoms. The van der Waals surface area contributed by atoms with Gasteiger partial charge in [0.05, 0.1) is 13.2 Å². The van der Waals surface area contributed by atoms with E-state index in [-0.39, 0.29) is 12.1 Å². The number of nitrogens with zero attached hydrogens (tertiary/aromatic N) is 1. The van der Waals surface area contributed by atoms with Gasteiger partial charge in [-0.05, 0) is 73.4 Å². The first-order valence-corrected chi connectivity index (χ1v) is 11.4. The van der Waals surface area contributed by atoms with Gasteiger partial charge in [0.25, 0.3) is 0 Å². The number of anilines is 1. The zero-order valence-electron chi connectivity index (χ0n) is 18.9. The van der Waals surface area contributed by atoms with Gasteiger partial charge in [-0.2, -0.15) is 0 Å². The van der Waals surface area contributed by atoms with Crippen LogP contribution in [0.1, 0.15) is 34.0 Å². The molecule has 0 unspecified atom stereocenters. The highest BCUT2D eigenvalue weighted by molar-refractivity contribution is 6.31. The van der Waals surface area contributed by atoms with E-state index in [1.807, 2.05) is 73.3 Å². The molecular weight excluding hydrogens is 434 g/mol. The van der Waals surface area contributed by atoms with Gasteiger partial charge in [-0.25, -0.2) is 4.79 Å². The molecule has 5 nitrogen and oxygen atoms in total. The second kappa shape index (κ2) is 8.49. The number of amides is 2. The number of H-pyrrole nitrogens is 1. The van der Waals surface area contributed by atoms with Gasteiger partial charge in [0.15, 0.2) is 0 Å². The lowest BCUT2D eigenvalue weighted by molar-refractivity contribution is 0.193. The lowest BCUT2D eigenvalue weighted by Crippen LogP contribution is -2.43. The van der Waals surface area contributed by atoms with Crippen LogP contribution in [0.25, 0.3) is 10.9 Å². The second-order valence-corrected chi connectivity index (χ2v) is 9.01. The van der Waals surface area contributed by atoms with Gasteiger partial charge in [-0.15, -0.1) is 0 Å². The normalized spacial score (nSPS) is 15.4. The Morgan fingerprint density at radius 3 is 2.61 bits per heavy atom. The van der Waals surface area contributed by atoms with Crippen molar-refractivity contribution in [2.75, 3.05) is 19.0 Å². The smallest absolute Gasteiger partial charge is 0.322 e. The Labute approximate surface area is 198 Å². The second-order valence-electron chi connectivity index (χ2n) is 8.57. The number of carbonyl (C=O) groups is 1. The molecule has 0 fully saturated rings. The first-order chi connectivity index (χ1) is 15.9. The summed E-state index contributed by atoms with van der Waals surface area (Å²) < 4.78 is 5.35. The predicted molar refractivity (Wildman–Crippen MR) is 133 cm³/mol. The van der Waals surface area contributed by atoms with E-state index in [1.54, 1.807) is 7.11 Å². The number of aromatic amines is 1. The van der Waals surface area contributed by atoms with Crippen LogP contribution in [0.4, 0.5) is 10.5 Å². The van der Waals surface area contributed by atoms with Crippen molar-refractivity contribution in [2.24, 2.45) is 0 Å². The average Bonchev–Trinajstić information content (AvgIpc) is 3.18. The Kier molecular flexibility index (Phi) is 5.51. The van der Waals surface area contributed by atoms with Gasteiger partial charge >= 0.3 is 6.03 Å². The van der Waals surface area contributed by atoms with Crippen molar-refractivity contribution in [1.82, 2.24) is 9.88 Å². The number of aromatic nitrogens is 1. The fourth-order valence-electron chi connectivity index (χ4n) is 4.75. The first kappa shape index (κ1) is 21.4. The lowest BCUT2D eigenvalue weighted by atomic mass is 9.92. The summed E-state index contributed by atoms with van der Waals surface area (Å²) in [7, 11) is 1.65. The molecule has 1 aliphatic rings. The van der Waals surface area contributed by atoms with Crippen molar-refractivity contribution >= 4 is 34.2 Å². The summed E-state index contributed by atoms with van der Waals surface area (Å²) >= 11 is 6.30. The molecule has 2 heterocycles. The topological polar surface area (TPSA) is 57.4 Å². The molecule has 33 heavy (non-hydrogen) atoms. The highest BCUT2D eigenvalue weighted by Gasteiger charge is 2.34. The first-order valence-electron chi connectivity index (χ1n) is 11.0. The maximum absolute atomic E-state index is 13.5. The van der Waals surface area contributed by atoms with Crippen LogP contribution in [0.3, 0.4) is 0 Å². The van der Waals surface area contributed by atoms with Gasteiger partial charge in [-0.3, -0.25) is 0 Å². The van der Waals surface area contributed by atoms with Crippen LogP contribution in [0, 0.1) is 13.8 Å². The van der Waals surface area contributed by atoms with E-state index in [9.17, 15) is 4.79 Å². The number of fused-ring (bicyclic) bond motifs is 3. The highest BCUT2D eigenvalue weighted by Crippen LogP contribution is 2.39. The van der Waals surface area contributed by atoms with Crippen LogP contribution >= 0.6 is 11.6 Å². The van der Waals surface area contributed by atoms with Crippen LogP contribution in [-0.4, -0.2) is 29.6 Å². The Morgan fingerprint density at radius 2 is 1.88 bits per heavy atom. The fraction of sp³-hybridized carbons (Fsp3) is 0.222. The van der Waals surface area contributed by atoms with Crippen LogP contribution < -0.4 is 10.1 Å². The summed E-state index contributed by atoms with van der Waals surface area (Å²) in [6, 6.07) is 19.5. The minimum atomic E-state index is -0.253. The van der Waals surface area contributed by atoms with E-state index >= 15 is 0 Å². The van der Waals surface area contributed by atoms with E-state index in [4.69, 9.17) is 16.3 Å². The van der Waals surface area contributed by atoms with Crippen LogP contribution in [-0.2, 0) is 6.42 Å². The summed E-state index contributed by atoms with van der Waals surface area (Å²) in [4.78, 5) is 19.0. The molecule has 1 aromatic heterocycles. The number of nitrogens with one attached hydrogen (secondary N) is 2. The zero-order valence-corrected chi connectivity index (χ0v) is 19.7. The minimum Gasteiger partial charge on any atom is -0.497 e. The molecule has 6 heteroatoms. The predicted octanol–water partition coefficient (Wildman–Crippen LogP) is 6.63. The van der Waals surface area contributed by atoms with E-state index < -0.39 is 0 Å². The number of ether oxygens (including phenoxy) is 1. The molecule has 4 aromatic rings. The lowest BCUT2D eigenvalue weighted by Gasteiger charge is -2.36. The van der Waals surface area contributed by atoms with E-state index in [0.29, 0.717) is 11.6 Å². The molecule has 3 aromatic carbocycles. The summed E-state index contributed by atoms with van der Waals surface area (Å²) in [5.74, 6) is 0.782. The number of urea groups is 1. The number of rotatable bonds is 3. The Morgan fingerprint density at radius 1 is 1.09 bits per heavy atom. The summed E-state index contributed by atoms with van der Waals surface area (Å²) in [5, 5.41) is 4.96. The van der Waals surface area contributed by atoms with E-state index in [0.717, 1.165) is 45.6 Å². The molecule has 5 rings (SSSR count). The molecule has 1 atom stereocenters. The number of halogens is 1. The number of benzene rings is 3. The maximum atomic E-state index is 13.5. The van der Waals surface area contributed by atoms with Gasteiger partial charge in [0, 0.05) is 33.9 Å². The summed E-state index contributed by atoms with van der Waals surface area (Å²) in [6.07, 6.45) is 0.753. The third-order valence-corrected chi connectivity index (χ3v) is 6.64. The molecule has 2 amide bonds. The molecule has 0 aliphatic carbocycles. The van der Waals surface area contributed by atoms with Gasteiger partial charge < -0.3 is 19.9 Å². The Hall–Kier alpha value is -3.44. The molecular formula is C27H26ClN3O2. The third kappa shape index (κ3) is 3.93.